The molecule has 0 bridgehead atoms. The molecular weight excluding hydrogens is 402 g/mol. The number of hydrogen-bond acceptors (Lipinski definition) is 7. The molecule has 0 saturated carbocycles. The Balaban J connectivity index is 1.67. The van der Waals surface area contributed by atoms with E-state index in [0.717, 1.165) is 16.4 Å². The summed E-state index contributed by atoms with van der Waals surface area (Å²) < 4.78 is 10.7. The van der Waals surface area contributed by atoms with Crippen molar-refractivity contribution in [1.29, 1.82) is 0 Å². The molecule has 3 aliphatic rings. The summed E-state index contributed by atoms with van der Waals surface area (Å²) in [7, 11) is 0. The second-order valence-corrected chi connectivity index (χ2v) is 8.03. The summed E-state index contributed by atoms with van der Waals surface area (Å²) in [6, 6.07) is 9.44. The summed E-state index contributed by atoms with van der Waals surface area (Å²) in [6.45, 7) is 6.27. The van der Waals surface area contributed by atoms with Crippen LogP contribution in [0.15, 0.2) is 57.7 Å². The number of rotatable bonds is 5. The standard InChI is InChI=1S/C22H25N3O4S/c1-3-29-21(27)19-15(2)23-22-25(20(19)16-7-5-4-6-8-16)17(14-30-22)13-18(26)24-9-11-28-12-10-24/h4-8,14,20H,3,9-13H2,1-2H3. The molecule has 1 aromatic rings. The Morgan fingerprint density at radius 1 is 1.23 bits per heavy atom. The first-order valence-electron chi connectivity index (χ1n) is 10.1. The Labute approximate surface area is 180 Å². The van der Waals surface area contributed by atoms with Gasteiger partial charge in [0.2, 0.25) is 5.91 Å². The first-order chi connectivity index (χ1) is 14.6. The van der Waals surface area contributed by atoms with Crippen LogP contribution in [-0.4, -0.2) is 59.8 Å². The van der Waals surface area contributed by atoms with E-state index in [4.69, 9.17) is 9.47 Å². The number of carbonyl (C=O) groups is 2. The van der Waals surface area contributed by atoms with E-state index in [9.17, 15) is 9.59 Å². The second kappa shape index (κ2) is 9.06. The Hall–Kier alpha value is -2.58. The number of hydrogen-bond donors (Lipinski definition) is 0. The summed E-state index contributed by atoms with van der Waals surface area (Å²) >= 11 is 1.48. The van der Waals surface area contributed by atoms with E-state index in [1.165, 1.54) is 11.8 Å². The molecule has 1 aromatic carbocycles. The highest BCUT2D eigenvalue weighted by molar-refractivity contribution is 8.16. The van der Waals surface area contributed by atoms with E-state index in [2.05, 4.69) is 4.99 Å². The lowest BCUT2D eigenvalue weighted by molar-refractivity contribution is -0.139. The molecule has 0 aromatic heterocycles. The number of esters is 1. The predicted octanol–water partition coefficient (Wildman–Crippen LogP) is 3.07. The number of amidine groups is 1. The number of morpholine rings is 1. The van der Waals surface area contributed by atoms with Crippen molar-refractivity contribution in [3.63, 3.8) is 0 Å². The maximum atomic E-state index is 12.9. The third kappa shape index (κ3) is 4.02. The maximum Gasteiger partial charge on any atom is 0.338 e. The van der Waals surface area contributed by atoms with Crippen molar-refractivity contribution in [2.75, 3.05) is 32.9 Å². The fourth-order valence-electron chi connectivity index (χ4n) is 3.87. The average Bonchev–Trinajstić information content (AvgIpc) is 3.16. The monoisotopic (exact) mass is 427 g/mol. The highest BCUT2D eigenvalue weighted by Gasteiger charge is 2.41. The van der Waals surface area contributed by atoms with E-state index in [1.54, 1.807) is 6.92 Å². The molecule has 1 amide bonds. The zero-order chi connectivity index (χ0) is 21.1. The SMILES string of the molecule is CCOC(=O)C1=C(C)N=C2SC=C(CC(=O)N3CCOCC3)N2C1c1ccccc1. The molecule has 1 saturated heterocycles. The molecule has 0 spiro atoms. The van der Waals surface area contributed by atoms with Crippen LogP contribution in [0.4, 0.5) is 0 Å². The van der Waals surface area contributed by atoms with Gasteiger partial charge in [0.15, 0.2) is 5.17 Å². The van der Waals surface area contributed by atoms with E-state index in [1.807, 2.05) is 52.5 Å². The van der Waals surface area contributed by atoms with Gasteiger partial charge >= 0.3 is 5.97 Å². The Kier molecular flexibility index (Phi) is 6.24. The maximum absolute atomic E-state index is 12.9. The minimum absolute atomic E-state index is 0.0576. The largest absolute Gasteiger partial charge is 0.463 e. The van der Waals surface area contributed by atoms with Crippen LogP contribution in [0.1, 0.15) is 31.9 Å². The molecule has 7 nitrogen and oxygen atoms in total. The fourth-order valence-corrected chi connectivity index (χ4v) is 4.83. The van der Waals surface area contributed by atoms with E-state index in [-0.39, 0.29) is 24.3 Å². The number of ether oxygens (including phenoxy) is 2. The van der Waals surface area contributed by atoms with Crippen molar-refractivity contribution in [1.82, 2.24) is 9.80 Å². The molecule has 3 aliphatic heterocycles. The number of nitrogens with zero attached hydrogens (tertiary/aromatic N) is 3. The van der Waals surface area contributed by atoms with Gasteiger partial charge in [0.05, 0.1) is 43.6 Å². The van der Waals surface area contributed by atoms with Gasteiger partial charge in [-0.2, -0.15) is 0 Å². The second-order valence-electron chi connectivity index (χ2n) is 7.19. The zero-order valence-corrected chi connectivity index (χ0v) is 18.0. The van der Waals surface area contributed by atoms with Gasteiger partial charge in [0.25, 0.3) is 0 Å². The molecule has 3 heterocycles. The number of aliphatic imine (C=N–C) groups is 1. The first-order valence-corrected chi connectivity index (χ1v) is 11.0. The fraction of sp³-hybridized carbons (Fsp3) is 0.409. The normalized spacial score (nSPS) is 21.2. The summed E-state index contributed by atoms with van der Waals surface area (Å²) in [6.07, 6.45) is 0.254. The molecule has 30 heavy (non-hydrogen) atoms. The smallest absolute Gasteiger partial charge is 0.338 e. The molecule has 0 N–H and O–H groups in total. The number of amides is 1. The number of benzene rings is 1. The van der Waals surface area contributed by atoms with Gasteiger partial charge in [-0.1, -0.05) is 42.1 Å². The summed E-state index contributed by atoms with van der Waals surface area (Å²) in [5.74, 6) is -0.315. The van der Waals surface area contributed by atoms with Gasteiger partial charge in [-0.15, -0.1) is 0 Å². The Morgan fingerprint density at radius 2 is 1.97 bits per heavy atom. The molecular formula is C22H25N3O4S. The minimum atomic E-state index is -0.378. The third-order valence-electron chi connectivity index (χ3n) is 5.31. The lowest BCUT2D eigenvalue weighted by atomic mass is 9.94. The van der Waals surface area contributed by atoms with Crippen molar-refractivity contribution in [3.05, 3.63) is 58.3 Å². The summed E-state index contributed by atoms with van der Waals surface area (Å²) in [5.41, 5.74) is 2.96. The lowest BCUT2D eigenvalue weighted by Crippen LogP contribution is -2.42. The van der Waals surface area contributed by atoms with Crippen molar-refractivity contribution >= 4 is 28.8 Å². The van der Waals surface area contributed by atoms with Crippen molar-refractivity contribution in [3.8, 4) is 0 Å². The van der Waals surface area contributed by atoms with Gasteiger partial charge in [-0.3, -0.25) is 4.79 Å². The zero-order valence-electron chi connectivity index (χ0n) is 17.2. The number of carbonyl (C=O) groups excluding carboxylic acids is 2. The van der Waals surface area contributed by atoms with Crippen LogP contribution in [0, 0.1) is 0 Å². The lowest BCUT2D eigenvalue weighted by Gasteiger charge is -2.37. The van der Waals surface area contributed by atoms with Gasteiger partial charge in [0, 0.05) is 18.8 Å². The van der Waals surface area contributed by atoms with Crippen LogP contribution >= 0.6 is 11.8 Å². The molecule has 0 radical (unpaired) electrons. The van der Waals surface area contributed by atoms with Gasteiger partial charge in [-0.05, 0) is 24.8 Å². The Morgan fingerprint density at radius 3 is 2.67 bits per heavy atom. The van der Waals surface area contributed by atoms with Crippen LogP contribution in [0.2, 0.25) is 0 Å². The molecule has 0 aliphatic carbocycles. The van der Waals surface area contributed by atoms with E-state index < -0.39 is 0 Å². The molecule has 1 unspecified atom stereocenters. The molecule has 1 fully saturated rings. The average molecular weight is 428 g/mol. The summed E-state index contributed by atoms with van der Waals surface area (Å²) in [5, 5.41) is 2.74. The third-order valence-corrected chi connectivity index (χ3v) is 6.20. The topological polar surface area (TPSA) is 71.4 Å². The molecule has 158 valence electrons. The van der Waals surface area contributed by atoms with Crippen LogP contribution in [0.5, 0.6) is 0 Å². The number of fused-ring (bicyclic) bond motifs is 1. The summed E-state index contributed by atoms with van der Waals surface area (Å²) in [4.78, 5) is 34.3. The quantitative estimate of drug-likeness (QED) is 0.673. The van der Waals surface area contributed by atoms with Gasteiger partial charge in [-0.25, -0.2) is 9.79 Å². The van der Waals surface area contributed by atoms with Crippen molar-refractivity contribution in [2.24, 2.45) is 4.99 Å². The van der Waals surface area contributed by atoms with Crippen LogP contribution < -0.4 is 0 Å². The van der Waals surface area contributed by atoms with Crippen molar-refractivity contribution in [2.45, 2.75) is 26.3 Å². The van der Waals surface area contributed by atoms with Crippen LogP contribution in [0.25, 0.3) is 0 Å². The van der Waals surface area contributed by atoms with E-state index >= 15 is 0 Å². The van der Waals surface area contributed by atoms with Crippen LogP contribution in [0.3, 0.4) is 0 Å². The van der Waals surface area contributed by atoms with Crippen LogP contribution in [-0.2, 0) is 19.1 Å². The molecule has 1 atom stereocenters. The van der Waals surface area contributed by atoms with Gasteiger partial charge < -0.3 is 19.3 Å². The highest BCUT2D eigenvalue weighted by atomic mass is 32.2. The predicted molar refractivity (Wildman–Crippen MR) is 115 cm³/mol. The molecule has 8 heteroatoms. The highest BCUT2D eigenvalue weighted by Crippen LogP contribution is 2.44. The van der Waals surface area contributed by atoms with E-state index in [0.29, 0.717) is 44.2 Å². The number of thioether (sulfide) groups is 1. The van der Waals surface area contributed by atoms with Crippen molar-refractivity contribution < 1.29 is 19.1 Å². The number of allylic oxidation sites excluding steroid dienone is 1. The Bertz CT molecular complexity index is 920. The van der Waals surface area contributed by atoms with Gasteiger partial charge in [0.1, 0.15) is 0 Å². The minimum Gasteiger partial charge on any atom is -0.463 e. The first kappa shape index (κ1) is 20.7. The molecule has 4 rings (SSSR count).